The van der Waals surface area contributed by atoms with E-state index in [1.807, 2.05) is 53.5 Å². The highest BCUT2D eigenvalue weighted by atomic mass is 79.9. The van der Waals surface area contributed by atoms with Gasteiger partial charge in [0, 0.05) is 0 Å². The third kappa shape index (κ3) is 3.18. The predicted octanol–water partition coefficient (Wildman–Crippen LogP) is 4.49. The van der Waals surface area contributed by atoms with Crippen LogP contribution in [0.5, 0.6) is 11.5 Å². The Morgan fingerprint density at radius 2 is 1.16 bits per heavy atom. The van der Waals surface area contributed by atoms with Crippen molar-refractivity contribution in [2.75, 3.05) is 14.2 Å². The van der Waals surface area contributed by atoms with Gasteiger partial charge in [-0.1, -0.05) is 40.2 Å². The summed E-state index contributed by atoms with van der Waals surface area (Å²) in [6.45, 7) is 0. The van der Waals surface area contributed by atoms with Crippen LogP contribution in [0.25, 0.3) is 5.57 Å². The van der Waals surface area contributed by atoms with Crippen LogP contribution in [0, 0.1) is 0 Å². The minimum atomic E-state index is 0.854. The molecule has 19 heavy (non-hydrogen) atoms. The predicted molar refractivity (Wildman–Crippen MR) is 82.0 cm³/mol. The fourth-order valence-electron chi connectivity index (χ4n) is 1.83. The van der Waals surface area contributed by atoms with Gasteiger partial charge in [0.15, 0.2) is 0 Å². The highest BCUT2D eigenvalue weighted by Gasteiger charge is 2.05. The van der Waals surface area contributed by atoms with E-state index in [0.29, 0.717) is 0 Å². The molecule has 0 saturated carbocycles. The van der Waals surface area contributed by atoms with Gasteiger partial charge < -0.3 is 9.47 Å². The van der Waals surface area contributed by atoms with Crippen molar-refractivity contribution < 1.29 is 9.47 Å². The van der Waals surface area contributed by atoms with Gasteiger partial charge in [-0.3, -0.25) is 0 Å². The quantitative estimate of drug-likeness (QED) is 0.827. The third-order valence-electron chi connectivity index (χ3n) is 2.91. The monoisotopic (exact) mass is 318 g/mol. The molecule has 3 heteroatoms. The SMILES string of the molecule is COc1ccc(C(=CBr)c2ccc(OC)cc2)cc1. The number of methoxy groups -OCH3 is 2. The Kier molecular flexibility index (Phi) is 4.63. The molecule has 0 aliphatic rings. The number of hydrogen-bond acceptors (Lipinski definition) is 2. The molecule has 98 valence electrons. The first-order valence-electron chi connectivity index (χ1n) is 5.87. The number of ether oxygens (including phenoxy) is 2. The molecule has 0 unspecified atom stereocenters. The van der Waals surface area contributed by atoms with Crippen LogP contribution in [0.1, 0.15) is 11.1 Å². The van der Waals surface area contributed by atoms with Gasteiger partial charge in [-0.15, -0.1) is 0 Å². The van der Waals surface area contributed by atoms with Gasteiger partial charge in [0.1, 0.15) is 11.5 Å². The maximum absolute atomic E-state index is 5.17. The first-order valence-corrected chi connectivity index (χ1v) is 6.79. The standard InChI is InChI=1S/C16H15BrO2/c1-18-14-7-3-12(4-8-14)16(11-17)13-5-9-15(19-2)10-6-13/h3-11H,1-2H3. The summed E-state index contributed by atoms with van der Waals surface area (Å²) < 4.78 is 10.3. The molecule has 2 aromatic carbocycles. The molecule has 0 atom stereocenters. The van der Waals surface area contributed by atoms with Gasteiger partial charge in [0.2, 0.25) is 0 Å². The fourth-order valence-corrected chi connectivity index (χ4v) is 2.36. The van der Waals surface area contributed by atoms with E-state index >= 15 is 0 Å². The fraction of sp³-hybridized carbons (Fsp3) is 0.125. The van der Waals surface area contributed by atoms with Crippen LogP contribution in [0.2, 0.25) is 0 Å². The molecule has 0 bridgehead atoms. The first kappa shape index (κ1) is 13.7. The van der Waals surface area contributed by atoms with E-state index in [1.54, 1.807) is 14.2 Å². The van der Waals surface area contributed by atoms with E-state index in [-0.39, 0.29) is 0 Å². The Bertz CT molecular complexity index is 507. The lowest BCUT2D eigenvalue weighted by Gasteiger charge is -2.09. The van der Waals surface area contributed by atoms with Gasteiger partial charge in [0.05, 0.1) is 14.2 Å². The Morgan fingerprint density at radius 1 is 0.789 bits per heavy atom. The molecule has 0 amide bonds. The molecule has 0 aromatic heterocycles. The topological polar surface area (TPSA) is 18.5 Å². The molecular formula is C16H15BrO2. The Morgan fingerprint density at radius 3 is 1.42 bits per heavy atom. The van der Waals surface area contributed by atoms with Gasteiger partial charge in [-0.05, 0) is 46.0 Å². The molecule has 0 radical (unpaired) electrons. The Balaban J connectivity index is 2.32. The number of benzene rings is 2. The van der Waals surface area contributed by atoms with Gasteiger partial charge in [-0.25, -0.2) is 0 Å². The zero-order valence-electron chi connectivity index (χ0n) is 10.9. The minimum Gasteiger partial charge on any atom is -0.497 e. The van der Waals surface area contributed by atoms with E-state index in [9.17, 15) is 0 Å². The van der Waals surface area contributed by atoms with Crippen molar-refractivity contribution in [3.05, 3.63) is 64.6 Å². The molecule has 0 fully saturated rings. The van der Waals surface area contributed by atoms with Gasteiger partial charge in [-0.2, -0.15) is 0 Å². The average molecular weight is 319 g/mol. The van der Waals surface area contributed by atoms with Gasteiger partial charge >= 0.3 is 0 Å². The summed E-state index contributed by atoms with van der Waals surface area (Å²) in [7, 11) is 3.33. The minimum absolute atomic E-state index is 0.854. The number of halogens is 1. The van der Waals surface area contributed by atoms with Crippen molar-refractivity contribution in [3.8, 4) is 11.5 Å². The zero-order chi connectivity index (χ0) is 13.7. The first-order chi connectivity index (χ1) is 9.28. The lowest BCUT2D eigenvalue weighted by atomic mass is 9.99. The second-order valence-electron chi connectivity index (χ2n) is 3.98. The van der Waals surface area contributed by atoms with E-state index in [1.165, 1.54) is 0 Å². The molecule has 0 N–H and O–H groups in total. The summed E-state index contributed by atoms with van der Waals surface area (Å²) >= 11 is 3.44. The Hall–Kier alpha value is -1.74. The van der Waals surface area contributed by atoms with Crippen LogP contribution in [-0.4, -0.2) is 14.2 Å². The molecular weight excluding hydrogens is 304 g/mol. The molecule has 0 heterocycles. The van der Waals surface area contributed by atoms with Crippen molar-refractivity contribution in [2.24, 2.45) is 0 Å². The van der Waals surface area contributed by atoms with Crippen molar-refractivity contribution in [1.29, 1.82) is 0 Å². The largest absolute Gasteiger partial charge is 0.497 e. The lowest BCUT2D eigenvalue weighted by molar-refractivity contribution is 0.414. The van der Waals surface area contributed by atoms with Crippen LogP contribution in [-0.2, 0) is 0 Å². The number of hydrogen-bond donors (Lipinski definition) is 0. The zero-order valence-corrected chi connectivity index (χ0v) is 12.5. The summed E-state index contributed by atoms with van der Waals surface area (Å²) in [5, 5.41) is 0. The van der Waals surface area contributed by atoms with Crippen molar-refractivity contribution >= 4 is 21.5 Å². The summed E-state index contributed by atoms with van der Waals surface area (Å²) in [5.41, 5.74) is 3.37. The smallest absolute Gasteiger partial charge is 0.118 e. The van der Waals surface area contributed by atoms with Gasteiger partial charge in [0.25, 0.3) is 0 Å². The molecule has 2 nitrogen and oxygen atoms in total. The summed E-state index contributed by atoms with van der Waals surface area (Å²) in [6, 6.07) is 16.0. The van der Waals surface area contributed by atoms with E-state index in [4.69, 9.17) is 9.47 Å². The molecule has 2 rings (SSSR count). The second-order valence-corrected chi connectivity index (χ2v) is 4.44. The Labute approximate surface area is 121 Å². The van der Waals surface area contributed by atoms with E-state index < -0.39 is 0 Å². The summed E-state index contributed by atoms with van der Waals surface area (Å²) in [5.74, 6) is 1.71. The van der Waals surface area contributed by atoms with Crippen LogP contribution < -0.4 is 9.47 Å². The lowest BCUT2D eigenvalue weighted by Crippen LogP contribution is -1.89. The van der Waals surface area contributed by atoms with Crippen molar-refractivity contribution in [2.45, 2.75) is 0 Å². The molecule has 2 aromatic rings. The molecule has 0 saturated heterocycles. The maximum atomic E-state index is 5.17. The van der Waals surface area contributed by atoms with Crippen LogP contribution in [0.4, 0.5) is 0 Å². The van der Waals surface area contributed by atoms with Crippen LogP contribution in [0.3, 0.4) is 0 Å². The maximum Gasteiger partial charge on any atom is 0.118 e. The van der Waals surface area contributed by atoms with E-state index in [2.05, 4.69) is 15.9 Å². The molecule has 0 spiro atoms. The van der Waals surface area contributed by atoms with Crippen molar-refractivity contribution in [1.82, 2.24) is 0 Å². The van der Waals surface area contributed by atoms with Crippen LogP contribution in [0.15, 0.2) is 53.5 Å². The molecule has 0 aliphatic heterocycles. The highest BCUT2D eigenvalue weighted by Crippen LogP contribution is 2.27. The third-order valence-corrected chi connectivity index (χ3v) is 3.37. The average Bonchev–Trinajstić information content (AvgIpc) is 2.49. The summed E-state index contributed by atoms with van der Waals surface area (Å²) in [4.78, 5) is 1.93. The second kappa shape index (κ2) is 6.43. The molecule has 0 aliphatic carbocycles. The summed E-state index contributed by atoms with van der Waals surface area (Å²) in [6.07, 6.45) is 0. The number of rotatable bonds is 4. The van der Waals surface area contributed by atoms with Crippen LogP contribution >= 0.6 is 15.9 Å². The van der Waals surface area contributed by atoms with E-state index in [0.717, 1.165) is 28.2 Å². The van der Waals surface area contributed by atoms with Crippen molar-refractivity contribution in [3.63, 3.8) is 0 Å². The normalized spacial score (nSPS) is 9.84. The highest BCUT2D eigenvalue weighted by molar-refractivity contribution is 9.11.